The van der Waals surface area contributed by atoms with Crippen LogP contribution in [0.2, 0.25) is 0 Å². The van der Waals surface area contributed by atoms with E-state index in [-0.39, 0.29) is 0 Å². The Morgan fingerprint density at radius 1 is 1.30 bits per heavy atom. The van der Waals surface area contributed by atoms with E-state index >= 15 is 0 Å². The van der Waals surface area contributed by atoms with Crippen LogP contribution in [-0.4, -0.2) is 30.3 Å². The van der Waals surface area contributed by atoms with Gasteiger partial charge in [-0.1, -0.05) is 0 Å². The molecule has 0 unspecified atom stereocenters. The van der Waals surface area contributed by atoms with Gasteiger partial charge in [-0.15, -0.1) is 0 Å². The molecule has 0 saturated carbocycles. The molecule has 0 aromatic heterocycles. The Balaban J connectivity index is 3.13. The molecule has 0 saturated heterocycles. The molecule has 2 heteroatoms. The minimum absolute atomic E-state index is 0.680. The number of nitrogens with zero attached hydrogens (tertiary/aromatic N) is 1. The molecule has 0 aromatic carbocycles. The quantitative estimate of drug-likeness (QED) is 0.477. The smallest absolute Gasteiger partial charge is 0.00355 e. The molecule has 62 valence electrons. The van der Waals surface area contributed by atoms with Crippen LogP contribution in [0.4, 0.5) is 0 Å². The van der Waals surface area contributed by atoms with Crippen molar-refractivity contribution in [1.82, 2.24) is 4.90 Å². The van der Waals surface area contributed by atoms with Gasteiger partial charge in [0.25, 0.3) is 0 Å². The number of rotatable bonds is 5. The van der Waals surface area contributed by atoms with Crippen LogP contribution >= 0.6 is 12.6 Å². The zero-order chi connectivity index (χ0) is 7.98. The van der Waals surface area contributed by atoms with Crippen molar-refractivity contribution in [3.63, 3.8) is 0 Å². The third kappa shape index (κ3) is 5.12. The van der Waals surface area contributed by atoms with Crippen molar-refractivity contribution in [3.8, 4) is 0 Å². The molecule has 10 heavy (non-hydrogen) atoms. The highest BCUT2D eigenvalue weighted by atomic mass is 32.1. The number of thiol groups is 1. The molecule has 0 rings (SSSR count). The Kier molecular flexibility index (Phi) is 6.24. The Labute approximate surface area is 70.2 Å². The van der Waals surface area contributed by atoms with Crippen molar-refractivity contribution in [2.75, 3.05) is 19.3 Å². The normalized spacial score (nSPS) is 11.4. The summed E-state index contributed by atoms with van der Waals surface area (Å²) in [6, 6.07) is 0.680. The lowest BCUT2D eigenvalue weighted by Crippen LogP contribution is -2.27. The third-order valence-corrected chi connectivity index (χ3v) is 2.12. The Morgan fingerprint density at radius 2 is 1.90 bits per heavy atom. The average molecular weight is 161 g/mol. The molecule has 0 bridgehead atoms. The van der Waals surface area contributed by atoms with Gasteiger partial charge >= 0.3 is 0 Å². The number of unbranched alkanes of at least 4 members (excludes halogenated alkanes) is 1. The maximum atomic E-state index is 4.16. The molecule has 0 aliphatic rings. The van der Waals surface area contributed by atoms with Gasteiger partial charge in [-0.3, -0.25) is 0 Å². The molecule has 0 atom stereocenters. The van der Waals surface area contributed by atoms with Gasteiger partial charge in [0.15, 0.2) is 0 Å². The zero-order valence-corrected chi connectivity index (χ0v) is 8.19. The van der Waals surface area contributed by atoms with Gasteiger partial charge in [0.1, 0.15) is 0 Å². The summed E-state index contributed by atoms with van der Waals surface area (Å²) >= 11 is 4.16. The zero-order valence-electron chi connectivity index (χ0n) is 7.30. The van der Waals surface area contributed by atoms with Crippen LogP contribution in [0, 0.1) is 0 Å². The second-order valence-electron chi connectivity index (χ2n) is 3.01. The Morgan fingerprint density at radius 3 is 2.30 bits per heavy atom. The fourth-order valence-corrected chi connectivity index (χ4v) is 0.955. The molecule has 0 amide bonds. The van der Waals surface area contributed by atoms with Crippen molar-refractivity contribution in [1.29, 1.82) is 0 Å². The summed E-state index contributed by atoms with van der Waals surface area (Å²) < 4.78 is 0. The first kappa shape index (κ1) is 10.3. The predicted molar refractivity (Wildman–Crippen MR) is 50.9 cm³/mol. The lowest BCUT2D eigenvalue weighted by molar-refractivity contribution is 0.270. The van der Waals surface area contributed by atoms with Gasteiger partial charge in [0.05, 0.1) is 0 Å². The summed E-state index contributed by atoms with van der Waals surface area (Å²) in [5.41, 5.74) is 0. The molecule has 0 radical (unpaired) electrons. The van der Waals surface area contributed by atoms with Gasteiger partial charge in [0, 0.05) is 6.04 Å². The molecule has 0 aliphatic carbocycles. The molecule has 0 aliphatic heterocycles. The second-order valence-corrected chi connectivity index (χ2v) is 3.45. The van der Waals surface area contributed by atoms with E-state index < -0.39 is 0 Å². The summed E-state index contributed by atoms with van der Waals surface area (Å²) in [5.74, 6) is 1.02. The minimum atomic E-state index is 0.680. The van der Waals surface area contributed by atoms with Crippen molar-refractivity contribution in [2.45, 2.75) is 32.7 Å². The van der Waals surface area contributed by atoms with Crippen LogP contribution in [0.5, 0.6) is 0 Å². The van der Waals surface area contributed by atoms with E-state index in [0.717, 1.165) is 5.75 Å². The Hall–Kier alpha value is 0.310. The summed E-state index contributed by atoms with van der Waals surface area (Å²) in [6.45, 7) is 5.65. The van der Waals surface area contributed by atoms with Gasteiger partial charge in [-0.2, -0.15) is 12.6 Å². The fourth-order valence-electron chi connectivity index (χ4n) is 0.731. The van der Waals surface area contributed by atoms with E-state index in [0.29, 0.717) is 6.04 Å². The minimum Gasteiger partial charge on any atom is -0.304 e. The van der Waals surface area contributed by atoms with E-state index in [2.05, 4.69) is 38.4 Å². The van der Waals surface area contributed by atoms with Crippen LogP contribution < -0.4 is 0 Å². The van der Waals surface area contributed by atoms with Gasteiger partial charge in [-0.25, -0.2) is 0 Å². The lowest BCUT2D eigenvalue weighted by Gasteiger charge is -2.20. The van der Waals surface area contributed by atoms with Crippen LogP contribution in [0.3, 0.4) is 0 Å². The van der Waals surface area contributed by atoms with Gasteiger partial charge in [0.2, 0.25) is 0 Å². The second kappa shape index (κ2) is 6.05. The number of hydrogen-bond acceptors (Lipinski definition) is 2. The van der Waals surface area contributed by atoms with Crippen LogP contribution in [-0.2, 0) is 0 Å². The van der Waals surface area contributed by atoms with E-state index in [1.165, 1.54) is 19.4 Å². The highest BCUT2D eigenvalue weighted by Gasteiger charge is 2.00. The van der Waals surface area contributed by atoms with Crippen LogP contribution in [0.25, 0.3) is 0 Å². The van der Waals surface area contributed by atoms with E-state index in [1.54, 1.807) is 0 Å². The number of hydrogen-bond donors (Lipinski definition) is 1. The Bertz CT molecular complexity index is 73.7. The summed E-state index contributed by atoms with van der Waals surface area (Å²) in [6.07, 6.45) is 2.51. The van der Waals surface area contributed by atoms with Crippen molar-refractivity contribution >= 4 is 12.6 Å². The summed E-state index contributed by atoms with van der Waals surface area (Å²) in [4.78, 5) is 2.36. The topological polar surface area (TPSA) is 3.24 Å². The standard InChI is InChI=1S/C8H19NS/c1-8(2)9(3)6-4-5-7-10/h8,10H,4-7H2,1-3H3. The maximum Gasteiger partial charge on any atom is 0.00355 e. The maximum absolute atomic E-state index is 4.16. The summed E-state index contributed by atoms with van der Waals surface area (Å²) in [7, 11) is 2.17. The molecular weight excluding hydrogens is 142 g/mol. The summed E-state index contributed by atoms with van der Waals surface area (Å²) in [5, 5.41) is 0. The third-order valence-electron chi connectivity index (χ3n) is 1.80. The van der Waals surface area contributed by atoms with E-state index in [1.807, 2.05) is 0 Å². The molecule has 0 heterocycles. The molecule has 0 N–H and O–H groups in total. The van der Waals surface area contributed by atoms with Crippen molar-refractivity contribution in [3.05, 3.63) is 0 Å². The largest absolute Gasteiger partial charge is 0.304 e. The van der Waals surface area contributed by atoms with E-state index in [4.69, 9.17) is 0 Å². The SMILES string of the molecule is CC(C)N(C)CCCCS. The average Bonchev–Trinajstić information content (AvgIpc) is 1.88. The molecule has 1 nitrogen and oxygen atoms in total. The fraction of sp³-hybridized carbons (Fsp3) is 1.00. The first-order valence-corrected chi connectivity index (χ1v) is 4.63. The highest BCUT2D eigenvalue weighted by molar-refractivity contribution is 7.80. The predicted octanol–water partition coefficient (Wildman–Crippen LogP) is 2.04. The van der Waals surface area contributed by atoms with E-state index in [9.17, 15) is 0 Å². The monoisotopic (exact) mass is 161 g/mol. The lowest BCUT2D eigenvalue weighted by atomic mass is 10.3. The first-order chi connectivity index (χ1) is 4.68. The van der Waals surface area contributed by atoms with Gasteiger partial charge in [-0.05, 0) is 46.0 Å². The molecule has 0 aromatic rings. The van der Waals surface area contributed by atoms with Gasteiger partial charge < -0.3 is 4.90 Å². The molecular formula is C8H19NS. The molecule has 0 spiro atoms. The van der Waals surface area contributed by atoms with Crippen LogP contribution in [0.15, 0.2) is 0 Å². The van der Waals surface area contributed by atoms with Crippen molar-refractivity contribution < 1.29 is 0 Å². The highest BCUT2D eigenvalue weighted by Crippen LogP contribution is 1.98. The van der Waals surface area contributed by atoms with Crippen molar-refractivity contribution in [2.24, 2.45) is 0 Å². The molecule has 0 fully saturated rings. The first-order valence-electron chi connectivity index (χ1n) is 3.99. The van der Waals surface area contributed by atoms with Crippen LogP contribution in [0.1, 0.15) is 26.7 Å².